The molecule has 0 saturated heterocycles. The zero-order valence-corrected chi connectivity index (χ0v) is 23.5. The van der Waals surface area contributed by atoms with E-state index in [4.69, 9.17) is 22.3 Å². The summed E-state index contributed by atoms with van der Waals surface area (Å²) in [4.78, 5) is 33.4. The second kappa shape index (κ2) is 15.2. The van der Waals surface area contributed by atoms with Gasteiger partial charge in [-0.15, -0.1) is 22.7 Å². The lowest BCUT2D eigenvalue weighted by atomic mass is 10.1. The number of benzene rings is 1. The van der Waals surface area contributed by atoms with E-state index in [-0.39, 0.29) is 23.7 Å². The van der Waals surface area contributed by atoms with Gasteiger partial charge in [0.2, 0.25) is 0 Å². The first kappa shape index (κ1) is 29.2. The van der Waals surface area contributed by atoms with E-state index in [0.29, 0.717) is 46.0 Å². The molecule has 0 aliphatic heterocycles. The molecule has 0 saturated carbocycles. The van der Waals surface area contributed by atoms with Crippen LogP contribution in [0.4, 0.5) is 10.3 Å². The fourth-order valence-electron chi connectivity index (χ4n) is 2.90. The minimum Gasteiger partial charge on any atom is -0.370 e. The molecule has 3 rings (SSSR count). The van der Waals surface area contributed by atoms with Gasteiger partial charge < -0.3 is 32.7 Å². The number of rotatable bonds is 14. The second-order valence-corrected chi connectivity index (χ2v) is 11.5. The summed E-state index contributed by atoms with van der Waals surface area (Å²) in [5, 5.41) is 30.5. The SMILES string of the molecule is N=C(N)Nc1nc(CSCCNC(=O)c2ccc(C(=O)NCCSCc3csc(NC(=N)N)n3)cc2)cs1. The zero-order valence-electron chi connectivity index (χ0n) is 20.2. The molecule has 10 N–H and O–H groups in total. The molecular formula is C22H28N10O2S4. The van der Waals surface area contributed by atoms with Gasteiger partial charge in [-0.05, 0) is 24.3 Å². The van der Waals surface area contributed by atoms with Crippen LogP contribution in [-0.2, 0) is 11.5 Å². The van der Waals surface area contributed by atoms with Gasteiger partial charge in [0, 0.05) is 58.0 Å². The molecule has 202 valence electrons. The van der Waals surface area contributed by atoms with Crippen molar-refractivity contribution in [1.29, 1.82) is 10.8 Å². The van der Waals surface area contributed by atoms with Crippen LogP contribution in [0.2, 0.25) is 0 Å². The summed E-state index contributed by atoms with van der Waals surface area (Å²) < 4.78 is 0. The number of aromatic nitrogens is 2. The van der Waals surface area contributed by atoms with Gasteiger partial charge in [-0.2, -0.15) is 23.5 Å². The van der Waals surface area contributed by atoms with E-state index in [9.17, 15) is 9.59 Å². The summed E-state index contributed by atoms with van der Waals surface area (Å²) in [5.74, 6) is 2.14. The molecule has 2 aromatic heterocycles. The number of guanidine groups is 2. The van der Waals surface area contributed by atoms with E-state index in [1.807, 2.05) is 10.8 Å². The van der Waals surface area contributed by atoms with Crippen LogP contribution < -0.4 is 32.7 Å². The molecule has 16 heteroatoms. The lowest BCUT2D eigenvalue weighted by Gasteiger charge is -2.07. The highest BCUT2D eigenvalue weighted by Crippen LogP contribution is 2.20. The van der Waals surface area contributed by atoms with Crippen LogP contribution in [0.1, 0.15) is 32.1 Å². The van der Waals surface area contributed by atoms with Gasteiger partial charge in [0.05, 0.1) is 11.4 Å². The van der Waals surface area contributed by atoms with Gasteiger partial charge in [0.1, 0.15) is 0 Å². The van der Waals surface area contributed by atoms with Crippen molar-refractivity contribution in [2.75, 3.05) is 35.2 Å². The van der Waals surface area contributed by atoms with Gasteiger partial charge in [-0.1, -0.05) is 0 Å². The van der Waals surface area contributed by atoms with Crippen molar-refractivity contribution in [3.05, 3.63) is 57.5 Å². The maximum Gasteiger partial charge on any atom is 0.251 e. The highest BCUT2D eigenvalue weighted by atomic mass is 32.2. The van der Waals surface area contributed by atoms with Crippen molar-refractivity contribution in [3.63, 3.8) is 0 Å². The Balaban J connectivity index is 1.29. The fraction of sp³-hybridized carbons (Fsp3) is 0.273. The standard InChI is InChI=1S/C22H28N10O2S4/c23-19(24)31-21-29-15(11-37-21)9-35-7-5-27-17(33)13-1-2-14(4-3-13)18(34)28-6-8-36-10-16-12-38-22(30-16)32-20(25)26/h1-4,11-12H,5-10H2,(H,27,33)(H,28,34)(H4,23,24,29,31)(H4,25,26,30,32). The van der Waals surface area contributed by atoms with Crippen LogP contribution in [0, 0.1) is 10.8 Å². The maximum absolute atomic E-state index is 12.4. The molecule has 0 unspecified atom stereocenters. The molecule has 0 radical (unpaired) electrons. The molecule has 0 atom stereocenters. The van der Waals surface area contributed by atoms with E-state index in [1.165, 1.54) is 22.7 Å². The molecule has 0 fully saturated rings. The average Bonchev–Trinajstić information content (AvgIpc) is 3.51. The van der Waals surface area contributed by atoms with E-state index in [1.54, 1.807) is 47.8 Å². The molecule has 0 aliphatic rings. The lowest BCUT2D eigenvalue weighted by Crippen LogP contribution is -2.27. The maximum atomic E-state index is 12.4. The van der Waals surface area contributed by atoms with Crippen molar-refractivity contribution >= 4 is 80.2 Å². The number of hydrogen-bond donors (Lipinski definition) is 8. The third-order valence-corrected chi connectivity index (χ3v) is 8.16. The Morgan fingerprint density at radius 2 is 1.16 bits per heavy atom. The van der Waals surface area contributed by atoms with E-state index >= 15 is 0 Å². The third-order valence-electron chi connectivity index (χ3n) is 4.56. The van der Waals surface area contributed by atoms with Crippen molar-refractivity contribution in [2.24, 2.45) is 11.5 Å². The van der Waals surface area contributed by atoms with E-state index < -0.39 is 0 Å². The van der Waals surface area contributed by atoms with Crippen molar-refractivity contribution in [2.45, 2.75) is 11.5 Å². The first-order valence-corrected chi connectivity index (χ1v) is 15.3. The molecule has 0 aliphatic carbocycles. The zero-order chi connectivity index (χ0) is 27.3. The van der Waals surface area contributed by atoms with Gasteiger partial charge in [0.15, 0.2) is 22.2 Å². The monoisotopic (exact) mass is 592 g/mol. The van der Waals surface area contributed by atoms with Gasteiger partial charge >= 0.3 is 0 Å². The average molecular weight is 593 g/mol. The molecule has 0 spiro atoms. The van der Waals surface area contributed by atoms with E-state index in [0.717, 1.165) is 22.9 Å². The third kappa shape index (κ3) is 10.2. The number of thioether (sulfide) groups is 2. The number of thiazole rings is 2. The van der Waals surface area contributed by atoms with Crippen LogP contribution in [0.3, 0.4) is 0 Å². The Labute approximate surface area is 236 Å². The summed E-state index contributed by atoms with van der Waals surface area (Å²) in [5.41, 5.74) is 13.3. The summed E-state index contributed by atoms with van der Waals surface area (Å²) in [6, 6.07) is 6.56. The molecule has 0 bridgehead atoms. The Morgan fingerprint density at radius 1 is 0.763 bits per heavy atom. The smallest absolute Gasteiger partial charge is 0.251 e. The van der Waals surface area contributed by atoms with Crippen molar-refractivity contribution in [1.82, 2.24) is 20.6 Å². The van der Waals surface area contributed by atoms with E-state index in [2.05, 4.69) is 31.2 Å². The predicted molar refractivity (Wildman–Crippen MR) is 159 cm³/mol. The first-order valence-electron chi connectivity index (χ1n) is 11.2. The van der Waals surface area contributed by atoms with Gasteiger partial charge in [0.25, 0.3) is 11.8 Å². The fourth-order valence-corrected chi connectivity index (χ4v) is 6.05. The number of nitrogens with one attached hydrogen (secondary N) is 6. The Hall–Kier alpha value is -3.34. The number of amides is 2. The normalized spacial score (nSPS) is 10.5. The number of nitrogens with zero attached hydrogens (tertiary/aromatic N) is 2. The molecule has 2 heterocycles. The van der Waals surface area contributed by atoms with Gasteiger partial charge in [-0.3, -0.25) is 20.4 Å². The summed E-state index contributed by atoms with van der Waals surface area (Å²) >= 11 is 6.05. The largest absolute Gasteiger partial charge is 0.370 e. The second-order valence-electron chi connectivity index (χ2n) is 7.56. The molecule has 12 nitrogen and oxygen atoms in total. The van der Waals surface area contributed by atoms with Crippen molar-refractivity contribution < 1.29 is 9.59 Å². The number of hydrogen-bond acceptors (Lipinski definition) is 10. The number of nitrogens with two attached hydrogens (primary N) is 2. The first-order chi connectivity index (χ1) is 18.3. The molecule has 38 heavy (non-hydrogen) atoms. The Bertz CT molecular complexity index is 1150. The van der Waals surface area contributed by atoms with Crippen LogP contribution in [0.15, 0.2) is 35.0 Å². The minimum atomic E-state index is -0.195. The summed E-state index contributed by atoms with van der Waals surface area (Å²) in [6.45, 7) is 1.00. The van der Waals surface area contributed by atoms with Crippen LogP contribution >= 0.6 is 46.2 Å². The highest BCUT2D eigenvalue weighted by molar-refractivity contribution is 7.98. The molecule has 3 aromatic rings. The minimum absolute atomic E-state index is 0.145. The van der Waals surface area contributed by atoms with Crippen LogP contribution in [-0.4, -0.2) is 58.3 Å². The number of anilines is 2. The molecular weight excluding hydrogens is 565 g/mol. The lowest BCUT2D eigenvalue weighted by molar-refractivity contribution is 0.0944. The topological polar surface area (TPSA) is 208 Å². The highest BCUT2D eigenvalue weighted by Gasteiger charge is 2.09. The van der Waals surface area contributed by atoms with Crippen molar-refractivity contribution in [3.8, 4) is 0 Å². The van der Waals surface area contributed by atoms with Crippen LogP contribution in [0.5, 0.6) is 0 Å². The predicted octanol–water partition coefficient (Wildman–Crippen LogP) is 2.54. The van der Waals surface area contributed by atoms with Gasteiger partial charge in [-0.25, -0.2) is 9.97 Å². The Morgan fingerprint density at radius 3 is 1.53 bits per heavy atom. The van der Waals surface area contributed by atoms with Crippen LogP contribution in [0.25, 0.3) is 0 Å². The molecule has 2 amide bonds. The summed E-state index contributed by atoms with van der Waals surface area (Å²) in [6.07, 6.45) is 0. The quantitative estimate of drug-likeness (QED) is 0.0779. The molecule has 1 aromatic carbocycles. The number of carbonyl (C=O) groups is 2. The summed E-state index contributed by atoms with van der Waals surface area (Å²) in [7, 11) is 0. The number of carbonyl (C=O) groups excluding carboxylic acids is 2. The Kier molecular flexibility index (Phi) is 11.7.